The summed E-state index contributed by atoms with van der Waals surface area (Å²) in [5.41, 5.74) is 6.35. The molecule has 0 fully saturated rings. The largest absolute Gasteiger partial charge is 0.481 e. The molecule has 0 aliphatic heterocycles. The molecule has 4 N–H and O–H groups in total. The van der Waals surface area contributed by atoms with E-state index in [4.69, 9.17) is 10.8 Å². The van der Waals surface area contributed by atoms with Gasteiger partial charge in [0.25, 0.3) is 5.24 Å². The Labute approximate surface area is 97.2 Å². The third-order valence-corrected chi connectivity index (χ3v) is 2.59. The van der Waals surface area contributed by atoms with Crippen molar-refractivity contribution in [3.8, 4) is 0 Å². The van der Waals surface area contributed by atoms with E-state index in [-0.39, 0.29) is 0 Å². The second-order valence-corrected chi connectivity index (χ2v) is 4.02. The Morgan fingerprint density at radius 2 is 1.94 bits per heavy atom. The normalized spacial score (nSPS) is 11.8. The van der Waals surface area contributed by atoms with Gasteiger partial charge in [0.15, 0.2) is 0 Å². The minimum Gasteiger partial charge on any atom is -0.481 e. The van der Waals surface area contributed by atoms with Crippen molar-refractivity contribution in [2.24, 2.45) is 5.73 Å². The SMILES string of the molecule is CC(C(=O)O)c1ccc(NSC(N)=O)cc1. The fourth-order valence-electron chi connectivity index (χ4n) is 1.09. The van der Waals surface area contributed by atoms with Crippen LogP contribution in [0.3, 0.4) is 0 Å². The number of hydrogen-bond acceptors (Lipinski definition) is 4. The van der Waals surface area contributed by atoms with Gasteiger partial charge < -0.3 is 15.6 Å². The smallest absolute Gasteiger partial charge is 0.310 e. The number of carboxylic acid groups (broad SMARTS) is 1. The molecule has 86 valence electrons. The van der Waals surface area contributed by atoms with Crippen molar-refractivity contribution in [3.63, 3.8) is 0 Å². The lowest BCUT2D eigenvalue weighted by molar-refractivity contribution is -0.138. The lowest BCUT2D eigenvalue weighted by Gasteiger charge is -2.08. The molecule has 0 spiro atoms. The first-order valence-electron chi connectivity index (χ1n) is 4.55. The van der Waals surface area contributed by atoms with Crippen molar-refractivity contribution in [2.45, 2.75) is 12.8 Å². The van der Waals surface area contributed by atoms with Gasteiger partial charge >= 0.3 is 5.97 Å². The van der Waals surface area contributed by atoms with Crippen molar-refractivity contribution in [2.75, 3.05) is 4.72 Å². The minimum atomic E-state index is -0.868. The van der Waals surface area contributed by atoms with Gasteiger partial charge in [0.05, 0.1) is 5.92 Å². The van der Waals surface area contributed by atoms with Crippen molar-refractivity contribution in [1.29, 1.82) is 0 Å². The number of amides is 1. The van der Waals surface area contributed by atoms with Crippen LogP contribution >= 0.6 is 11.9 Å². The number of benzene rings is 1. The van der Waals surface area contributed by atoms with Crippen molar-refractivity contribution < 1.29 is 14.7 Å². The summed E-state index contributed by atoms with van der Waals surface area (Å²) in [5.74, 6) is -1.41. The fourth-order valence-corrected chi connectivity index (χ4v) is 1.45. The first-order chi connectivity index (χ1) is 7.50. The van der Waals surface area contributed by atoms with Crippen LogP contribution < -0.4 is 10.5 Å². The zero-order valence-corrected chi connectivity index (χ0v) is 9.45. The molecule has 1 aromatic rings. The molecule has 0 radical (unpaired) electrons. The number of aliphatic carboxylic acids is 1. The van der Waals surface area contributed by atoms with Gasteiger partial charge in [0, 0.05) is 17.6 Å². The number of carboxylic acids is 1. The summed E-state index contributed by atoms with van der Waals surface area (Å²) < 4.78 is 2.73. The zero-order chi connectivity index (χ0) is 12.1. The van der Waals surface area contributed by atoms with Crippen LogP contribution in [0.5, 0.6) is 0 Å². The second-order valence-electron chi connectivity index (χ2n) is 3.21. The molecule has 6 heteroatoms. The second kappa shape index (κ2) is 5.41. The van der Waals surface area contributed by atoms with Crippen LogP contribution in [-0.4, -0.2) is 16.3 Å². The Morgan fingerprint density at radius 3 is 2.38 bits per heavy atom. The van der Waals surface area contributed by atoms with Gasteiger partial charge in [-0.05, 0) is 24.6 Å². The van der Waals surface area contributed by atoms with E-state index in [1.807, 2.05) is 0 Å². The first kappa shape index (κ1) is 12.4. The summed E-state index contributed by atoms with van der Waals surface area (Å²) in [5, 5.41) is 8.27. The molecule has 0 heterocycles. The van der Waals surface area contributed by atoms with E-state index in [1.165, 1.54) is 0 Å². The average molecular weight is 240 g/mol. The number of rotatable bonds is 4. The highest BCUT2D eigenvalue weighted by atomic mass is 32.2. The van der Waals surface area contributed by atoms with Gasteiger partial charge in [0.1, 0.15) is 0 Å². The van der Waals surface area contributed by atoms with Crippen LogP contribution in [0.15, 0.2) is 24.3 Å². The standard InChI is InChI=1S/C10H12N2O3S/c1-6(9(13)14)7-2-4-8(5-3-7)12-16-10(11)15/h2-6,12H,1H3,(H2,11,15)(H,13,14). The molecule has 1 rings (SSSR count). The summed E-state index contributed by atoms with van der Waals surface area (Å²) in [7, 11) is 0. The molecule has 0 aliphatic rings. The number of nitrogens with one attached hydrogen (secondary N) is 1. The van der Waals surface area contributed by atoms with Crippen LogP contribution in [-0.2, 0) is 4.79 Å². The van der Waals surface area contributed by atoms with E-state index in [1.54, 1.807) is 31.2 Å². The van der Waals surface area contributed by atoms with Crippen LogP contribution in [0.25, 0.3) is 0 Å². The molecule has 0 bridgehead atoms. The summed E-state index contributed by atoms with van der Waals surface area (Å²) in [6.45, 7) is 1.61. The van der Waals surface area contributed by atoms with Gasteiger partial charge in [-0.1, -0.05) is 12.1 Å². The van der Waals surface area contributed by atoms with E-state index in [2.05, 4.69) is 4.72 Å². The molecule has 16 heavy (non-hydrogen) atoms. The monoisotopic (exact) mass is 240 g/mol. The van der Waals surface area contributed by atoms with Crippen molar-refractivity contribution >= 4 is 28.8 Å². The van der Waals surface area contributed by atoms with Crippen LogP contribution in [0.4, 0.5) is 10.5 Å². The molecule has 0 saturated heterocycles. The number of carbonyl (C=O) groups excluding carboxylic acids is 1. The number of nitrogens with two attached hydrogens (primary N) is 1. The lowest BCUT2D eigenvalue weighted by atomic mass is 10.0. The minimum absolute atomic E-state index is 0.525. The van der Waals surface area contributed by atoms with Crippen molar-refractivity contribution in [3.05, 3.63) is 29.8 Å². The highest BCUT2D eigenvalue weighted by Crippen LogP contribution is 2.19. The number of anilines is 1. The summed E-state index contributed by atoms with van der Waals surface area (Å²) in [4.78, 5) is 21.2. The lowest BCUT2D eigenvalue weighted by Crippen LogP contribution is -2.07. The average Bonchev–Trinajstić information content (AvgIpc) is 2.26. The molecule has 1 amide bonds. The predicted octanol–water partition coefficient (Wildman–Crippen LogP) is 2.01. The molecule has 0 saturated carbocycles. The van der Waals surface area contributed by atoms with E-state index >= 15 is 0 Å². The maximum atomic E-state index is 10.7. The highest BCUT2D eigenvalue weighted by Gasteiger charge is 2.12. The molecule has 1 unspecified atom stereocenters. The van der Waals surface area contributed by atoms with E-state index in [0.717, 1.165) is 11.9 Å². The predicted molar refractivity (Wildman–Crippen MR) is 63.3 cm³/mol. The van der Waals surface area contributed by atoms with Crippen LogP contribution in [0.2, 0.25) is 0 Å². The van der Waals surface area contributed by atoms with Gasteiger partial charge in [-0.2, -0.15) is 0 Å². The molecule has 0 aliphatic carbocycles. The zero-order valence-electron chi connectivity index (χ0n) is 8.64. The Balaban J connectivity index is 2.67. The van der Waals surface area contributed by atoms with Crippen LogP contribution in [0.1, 0.15) is 18.4 Å². The molecular formula is C10H12N2O3S. The molecule has 1 aromatic carbocycles. The maximum Gasteiger partial charge on any atom is 0.310 e. The molecular weight excluding hydrogens is 228 g/mol. The summed E-state index contributed by atoms with van der Waals surface area (Å²) in [6, 6.07) is 6.79. The van der Waals surface area contributed by atoms with E-state index in [0.29, 0.717) is 11.3 Å². The van der Waals surface area contributed by atoms with Gasteiger partial charge in [-0.3, -0.25) is 9.59 Å². The molecule has 0 aromatic heterocycles. The first-order valence-corrected chi connectivity index (χ1v) is 5.37. The summed E-state index contributed by atoms with van der Waals surface area (Å²) in [6.07, 6.45) is 0. The Kier molecular flexibility index (Phi) is 4.19. The van der Waals surface area contributed by atoms with Crippen LogP contribution in [0, 0.1) is 0 Å². The number of carbonyl (C=O) groups is 2. The Bertz CT molecular complexity index is 392. The fraction of sp³-hybridized carbons (Fsp3) is 0.200. The third-order valence-electron chi connectivity index (χ3n) is 2.05. The third kappa shape index (κ3) is 3.47. The van der Waals surface area contributed by atoms with Crippen molar-refractivity contribution in [1.82, 2.24) is 0 Å². The van der Waals surface area contributed by atoms with Gasteiger partial charge in [-0.15, -0.1) is 0 Å². The number of hydrogen-bond donors (Lipinski definition) is 3. The van der Waals surface area contributed by atoms with E-state index < -0.39 is 17.1 Å². The van der Waals surface area contributed by atoms with Gasteiger partial charge in [-0.25, -0.2) is 0 Å². The van der Waals surface area contributed by atoms with Gasteiger partial charge in [0.2, 0.25) is 0 Å². The van der Waals surface area contributed by atoms with E-state index in [9.17, 15) is 9.59 Å². The summed E-state index contributed by atoms with van der Waals surface area (Å²) >= 11 is 0.777. The quantitative estimate of drug-likeness (QED) is 0.700. The topological polar surface area (TPSA) is 92.4 Å². The molecule has 1 atom stereocenters. The Morgan fingerprint density at radius 1 is 1.38 bits per heavy atom. The molecule has 5 nitrogen and oxygen atoms in total. The number of primary amides is 1. The maximum absolute atomic E-state index is 10.7. The highest BCUT2D eigenvalue weighted by molar-refractivity contribution is 8.14. The Hall–Kier alpha value is -1.69.